The highest BCUT2D eigenvalue weighted by molar-refractivity contribution is 6.34. The molecule has 3 rings (SSSR count). The van der Waals surface area contributed by atoms with E-state index in [0.717, 1.165) is 6.42 Å². The van der Waals surface area contributed by atoms with Gasteiger partial charge in [0.15, 0.2) is 0 Å². The number of aryl methyl sites for hydroxylation is 1. The van der Waals surface area contributed by atoms with Crippen molar-refractivity contribution in [1.82, 2.24) is 10.2 Å². The van der Waals surface area contributed by atoms with Crippen molar-refractivity contribution in [2.24, 2.45) is 5.41 Å². The lowest BCUT2D eigenvalue weighted by atomic mass is 9.71. The van der Waals surface area contributed by atoms with Crippen molar-refractivity contribution < 1.29 is 19.1 Å². The molecule has 7 heteroatoms. The smallest absolute Gasteiger partial charge is 0.258 e. The van der Waals surface area contributed by atoms with E-state index in [4.69, 9.17) is 11.6 Å². The minimum absolute atomic E-state index is 0.0720. The molecule has 24 heavy (non-hydrogen) atoms. The summed E-state index contributed by atoms with van der Waals surface area (Å²) in [6, 6.07) is 2.74. The third-order valence-corrected chi connectivity index (χ3v) is 5.59. The van der Waals surface area contributed by atoms with Crippen molar-refractivity contribution in [3.8, 4) is 0 Å². The fourth-order valence-corrected chi connectivity index (χ4v) is 3.86. The first kappa shape index (κ1) is 17.2. The van der Waals surface area contributed by atoms with E-state index in [9.17, 15) is 19.1 Å². The number of aliphatic hydroxyl groups excluding tert-OH is 1. The number of aliphatic hydroxyl groups is 1. The van der Waals surface area contributed by atoms with Gasteiger partial charge in [-0.15, -0.1) is 0 Å². The van der Waals surface area contributed by atoms with Gasteiger partial charge in [0.25, 0.3) is 5.91 Å². The number of carbonyl (C=O) groups excluding carboxylic acids is 2. The molecule has 0 bridgehead atoms. The van der Waals surface area contributed by atoms with Gasteiger partial charge in [0, 0.05) is 19.6 Å². The summed E-state index contributed by atoms with van der Waals surface area (Å²) in [5, 5.41) is 13.2. The normalized spacial score (nSPS) is 27.2. The first-order valence-electron chi connectivity index (χ1n) is 8.07. The highest BCUT2D eigenvalue weighted by Gasteiger charge is 2.50. The van der Waals surface area contributed by atoms with Crippen molar-refractivity contribution in [1.29, 1.82) is 0 Å². The van der Waals surface area contributed by atoms with Crippen LogP contribution >= 0.6 is 11.6 Å². The zero-order valence-electron chi connectivity index (χ0n) is 13.4. The van der Waals surface area contributed by atoms with Gasteiger partial charge in [0.2, 0.25) is 5.91 Å². The molecule has 0 unspecified atom stereocenters. The van der Waals surface area contributed by atoms with E-state index < -0.39 is 23.2 Å². The molecule has 1 spiro atoms. The van der Waals surface area contributed by atoms with E-state index in [1.807, 2.05) is 0 Å². The predicted octanol–water partition coefficient (Wildman–Crippen LogP) is 1.89. The quantitative estimate of drug-likeness (QED) is 0.809. The highest BCUT2D eigenvalue weighted by Crippen LogP contribution is 2.38. The molecule has 2 aliphatic heterocycles. The fourth-order valence-electron chi connectivity index (χ4n) is 3.63. The molecule has 130 valence electrons. The van der Waals surface area contributed by atoms with Crippen LogP contribution in [-0.2, 0) is 4.79 Å². The standard InChI is InChI=1S/C17H20ClFN2O3/c1-10-3-4-11(19)13(14(10)18)15(23)21-8-5-12(22)17(9-21)6-2-7-20-16(17)24/h3-4,12,22H,2,5-9H2,1H3,(H,20,24)/t12-,17-/m1/s1. The summed E-state index contributed by atoms with van der Waals surface area (Å²) in [6.45, 7) is 2.61. The summed E-state index contributed by atoms with van der Waals surface area (Å²) in [5.74, 6) is -1.45. The van der Waals surface area contributed by atoms with Crippen molar-refractivity contribution in [2.75, 3.05) is 19.6 Å². The third-order valence-electron chi connectivity index (χ3n) is 5.11. The van der Waals surface area contributed by atoms with Crippen molar-refractivity contribution in [2.45, 2.75) is 32.3 Å². The molecule has 2 amide bonds. The molecule has 2 heterocycles. The summed E-state index contributed by atoms with van der Waals surface area (Å²) in [6.07, 6.45) is 0.724. The van der Waals surface area contributed by atoms with Crippen LogP contribution in [0.5, 0.6) is 0 Å². The van der Waals surface area contributed by atoms with E-state index in [-0.39, 0.29) is 36.0 Å². The van der Waals surface area contributed by atoms with E-state index in [1.54, 1.807) is 6.92 Å². The Kier molecular flexibility index (Phi) is 4.53. The van der Waals surface area contributed by atoms with Crippen LogP contribution in [0.1, 0.15) is 35.2 Å². The Morgan fingerprint density at radius 2 is 2.25 bits per heavy atom. The molecule has 2 saturated heterocycles. The van der Waals surface area contributed by atoms with Gasteiger partial charge in [0.1, 0.15) is 5.82 Å². The molecule has 0 radical (unpaired) electrons. The molecule has 2 atom stereocenters. The van der Waals surface area contributed by atoms with Gasteiger partial charge in [-0.25, -0.2) is 4.39 Å². The van der Waals surface area contributed by atoms with Crippen LogP contribution in [0.4, 0.5) is 4.39 Å². The zero-order valence-corrected chi connectivity index (χ0v) is 14.2. The zero-order chi connectivity index (χ0) is 17.5. The Bertz CT molecular complexity index is 697. The lowest BCUT2D eigenvalue weighted by molar-refractivity contribution is -0.147. The second-order valence-corrected chi connectivity index (χ2v) is 6.98. The molecular formula is C17H20ClFN2O3. The van der Waals surface area contributed by atoms with Gasteiger partial charge < -0.3 is 15.3 Å². The Morgan fingerprint density at radius 3 is 2.96 bits per heavy atom. The van der Waals surface area contributed by atoms with E-state index in [2.05, 4.69) is 5.32 Å². The number of likely N-dealkylation sites (tertiary alicyclic amines) is 1. The first-order valence-corrected chi connectivity index (χ1v) is 8.45. The number of halogens is 2. The Hall–Kier alpha value is -1.66. The van der Waals surface area contributed by atoms with Gasteiger partial charge in [-0.3, -0.25) is 9.59 Å². The van der Waals surface area contributed by atoms with Crippen LogP contribution in [0.2, 0.25) is 5.02 Å². The lowest BCUT2D eigenvalue weighted by Crippen LogP contribution is -2.62. The molecule has 0 saturated carbocycles. The minimum atomic E-state index is -1.01. The van der Waals surface area contributed by atoms with Gasteiger partial charge in [-0.2, -0.15) is 0 Å². The summed E-state index contributed by atoms with van der Waals surface area (Å²) in [5.41, 5.74) is -0.568. The summed E-state index contributed by atoms with van der Waals surface area (Å²) in [7, 11) is 0. The first-order chi connectivity index (χ1) is 11.4. The molecule has 0 aromatic heterocycles. The lowest BCUT2D eigenvalue weighted by Gasteiger charge is -2.46. The molecular weight excluding hydrogens is 335 g/mol. The monoisotopic (exact) mass is 354 g/mol. The average Bonchev–Trinajstić information content (AvgIpc) is 2.56. The second-order valence-electron chi connectivity index (χ2n) is 6.60. The van der Waals surface area contributed by atoms with Crippen molar-refractivity contribution >= 4 is 23.4 Å². The molecule has 1 aromatic rings. The summed E-state index contributed by atoms with van der Waals surface area (Å²) < 4.78 is 14.2. The van der Waals surface area contributed by atoms with Crippen LogP contribution in [0.15, 0.2) is 12.1 Å². The average molecular weight is 355 g/mol. The van der Waals surface area contributed by atoms with E-state index in [0.29, 0.717) is 18.5 Å². The van der Waals surface area contributed by atoms with E-state index in [1.165, 1.54) is 17.0 Å². The van der Waals surface area contributed by atoms with Gasteiger partial charge >= 0.3 is 0 Å². The molecule has 5 nitrogen and oxygen atoms in total. The third kappa shape index (κ3) is 2.67. The predicted molar refractivity (Wildman–Crippen MR) is 87.4 cm³/mol. The number of hydrogen-bond acceptors (Lipinski definition) is 3. The number of rotatable bonds is 1. The highest BCUT2D eigenvalue weighted by atomic mass is 35.5. The number of piperidine rings is 2. The largest absolute Gasteiger partial charge is 0.392 e. The van der Waals surface area contributed by atoms with Crippen LogP contribution < -0.4 is 5.32 Å². The van der Waals surface area contributed by atoms with E-state index >= 15 is 0 Å². The van der Waals surface area contributed by atoms with Crippen LogP contribution in [0.3, 0.4) is 0 Å². The van der Waals surface area contributed by atoms with Crippen LogP contribution in [0, 0.1) is 18.2 Å². The number of hydrogen-bond donors (Lipinski definition) is 2. The number of carbonyl (C=O) groups is 2. The molecule has 0 aliphatic carbocycles. The Morgan fingerprint density at radius 1 is 1.50 bits per heavy atom. The van der Waals surface area contributed by atoms with Crippen LogP contribution in [-0.4, -0.2) is 47.6 Å². The van der Waals surface area contributed by atoms with Gasteiger partial charge in [-0.1, -0.05) is 17.7 Å². The Labute approximate surface area is 144 Å². The Balaban J connectivity index is 1.92. The number of nitrogens with zero attached hydrogens (tertiary/aromatic N) is 1. The van der Waals surface area contributed by atoms with Crippen molar-refractivity contribution in [3.63, 3.8) is 0 Å². The number of benzene rings is 1. The van der Waals surface area contributed by atoms with Crippen LogP contribution in [0.25, 0.3) is 0 Å². The number of amides is 2. The SMILES string of the molecule is Cc1ccc(F)c(C(=O)N2CC[C@@H](O)[C@@]3(CCCNC3=O)C2)c1Cl. The van der Waals surface area contributed by atoms with Gasteiger partial charge in [-0.05, 0) is 37.8 Å². The fraction of sp³-hybridized carbons (Fsp3) is 0.529. The minimum Gasteiger partial charge on any atom is -0.392 e. The van der Waals surface area contributed by atoms with Gasteiger partial charge in [0.05, 0.1) is 22.1 Å². The maximum atomic E-state index is 14.2. The molecule has 2 N–H and O–H groups in total. The molecule has 1 aromatic carbocycles. The van der Waals surface area contributed by atoms with Crippen molar-refractivity contribution in [3.05, 3.63) is 34.1 Å². The second kappa shape index (κ2) is 6.33. The molecule has 2 fully saturated rings. The topological polar surface area (TPSA) is 69.6 Å². The summed E-state index contributed by atoms with van der Waals surface area (Å²) in [4.78, 5) is 26.6. The maximum Gasteiger partial charge on any atom is 0.258 e. The maximum absolute atomic E-state index is 14.2. The number of nitrogens with one attached hydrogen (secondary N) is 1. The molecule has 2 aliphatic rings. The summed E-state index contributed by atoms with van der Waals surface area (Å²) >= 11 is 6.13.